The molecule has 5 nitrogen and oxygen atoms in total. The number of hydrogen-bond acceptors (Lipinski definition) is 4. The Morgan fingerprint density at radius 3 is 1.69 bits per heavy atom. The van der Waals surface area contributed by atoms with E-state index in [0.717, 1.165) is 12.8 Å². The minimum absolute atomic E-state index is 0.0000495. The average Bonchev–Trinajstić information content (AvgIpc) is 2.47. The lowest BCUT2D eigenvalue weighted by molar-refractivity contribution is -0.135. The SMILES string of the molecule is CC(C)CCC(=O)C[C@H](CCC(C)C)C(O)=C(C(=O)O)C(=O)CC(C)C. The summed E-state index contributed by atoms with van der Waals surface area (Å²) in [6.45, 7) is 11.8. The van der Waals surface area contributed by atoms with Crippen molar-refractivity contribution in [3.63, 3.8) is 0 Å². The lowest BCUT2D eigenvalue weighted by atomic mass is 9.87. The van der Waals surface area contributed by atoms with Crippen LogP contribution in [0, 0.1) is 23.7 Å². The summed E-state index contributed by atoms with van der Waals surface area (Å²) in [6.07, 6.45) is 2.55. The van der Waals surface area contributed by atoms with Crippen LogP contribution in [0.3, 0.4) is 0 Å². The number of aliphatic hydroxyl groups is 1. The Hall–Kier alpha value is -1.65. The summed E-state index contributed by atoms with van der Waals surface area (Å²) < 4.78 is 0. The first-order valence-corrected chi connectivity index (χ1v) is 9.66. The van der Waals surface area contributed by atoms with Crippen molar-refractivity contribution >= 4 is 17.5 Å². The van der Waals surface area contributed by atoms with Crippen LogP contribution in [0.25, 0.3) is 0 Å². The van der Waals surface area contributed by atoms with Crippen molar-refractivity contribution < 1.29 is 24.6 Å². The summed E-state index contributed by atoms with van der Waals surface area (Å²) in [4.78, 5) is 36.2. The first kappa shape index (κ1) is 24.4. The first-order chi connectivity index (χ1) is 12.0. The van der Waals surface area contributed by atoms with Crippen molar-refractivity contribution in [1.82, 2.24) is 0 Å². The van der Waals surface area contributed by atoms with Crippen LogP contribution in [0.5, 0.6) is 0 Å². The number of carbonyl (C=O) groups is 3. The van der Waals surface area contributed by atoms with E-state index in [9.17, 15) is 24.6 Å². The molecular weight excluding hydrogens is 332 g/mol. The molecule has 0 aliphatic carbocycles. The predicted octanol–water partition coefficient (Wildman–Crippen LogP) is 4.95. The average molecular weight is 369 g/mol. The Labute approximate surface area is 157 Å². The fourth-order valence-corrected chi connectivity index (χ4v) is 2.75. The van der Waals surface area contributed by atoms with Crippen LogP contribution in [0.2, 0.25) is 0 Å². The summed E-state index contributed by atoms with van der Waals surface area (Å²) in [5.41, 5.74) is -0.552. The molecule has 0 saturated carbocycles. The van der Waals surface area contributed by atoms with Gasteiger partial charge in [-0.05, 0) is 30.6 Å². The van der Waals surface area contributed by atoms with Gasteiger partial charge in [0.25, 0.3) is 0 Å². The van der Waals surface area contributed by atoms with Gasteiger partial charge in [-0.3, -0.25) is 9.59 Å². The third-order valence-corrected chi connectivity index (χ3v) is 4.30. The summed E-state index contributed by atoms with van der Waals surface area (Å²) in [6, 6.07) is 0. The molecule has 0 amide bonds. The van der Waals surface area contributed by atoms with Crippen molar-refractivity contribution in [3.05, 3.63) is 11.3 Å². The summed E-state index contributed by atoms with van der Waals surface area (Å²) in [7, 11) is 0. The largest absolute Gasteiger partial charge is 0.511 e. The Kier molecular flexibility index (Phi) is 11.1. The van der Waals surface area contributed by atoms with Crippen LogP contribution < -0.4 is 0 Å². The minimum atomic E-state index is -1.42. The maximum absolute atomic E-state index is 12.3. The number of Topliss-reactive ketones (excluding diaryl/α,β-unsaturated/α-hetero) is 2. The van der Waals surface area contributed by atoms with E-state index in [1.165, 1.54) is 0 Å². The monoisotopic (exact) mass is 368 g/mol. The van der Waals surface area contributed by atoms with Gasteiger partial charge in [-0.1, -0.05) is 48.0 Å². The molecule has 0 aliphatic rings. The van der Waals surface area contributed by atoms with Crippen molar-refractivity contribution in [1.29, 1.82) is 0 Å². The zero-order valence-electron chi connectivity index (χ0n) is 17.2. The topological polar surface area (TPSA) is 91.7 Å². The molecule has 5 heteroatoms. The second-order valence-corrected chi connectivity index (χ2v) is 8.43. The van der Waals surface area contributed by atoms with Gasteiger partial charge in [-0.25, -0.2) is 4.79 Å². The summed E-state index contributed by atoms with van der Waals surface area (Å²) in [5, 5.41) is 20.0. The molecule has 150 valence electrons. The maximum Gasteiger partial charge on any atom is 0.342 e. The normalized spacial score (nSPS) is 13.9. The molecule has 1 atom stereocenters. The van der Waals surface area contributed by atoms with Crippen LogP contribution in [0.1, 0.15) is 80.1 Å². The molecule has 0 aromatic heterocycles. The minimum Gasteiger partial charge on any atom is -0.511 e. The highest BCUT2D eigenvalue weighted by Crippen LogP contribution is 2.27. The zero-order chi connectivity index (χ0) is 20.4. The lowest BCUT2D eigenvalue weighted by Crippen LogP contribution is -2.22. The van der Waals surface area contributed by atoms with Gasteiger partial charge in [0, 0.05) is 25.2 Å². The van der Waals surface area contributed by atoms with Crippen LogP contribution in [0.15, 0.2) is 11.3 Å². The Morgan fingerprint density at radius 2 is 1.27 bits per heavy atom. The third-order valence-electron chi connectivity index (χ3n) is 4.30. The van der Waals surface area contributed by atoms with Crippen LogP contribution >= 0.6 is 0 Å². The lowest BCUT2D eigenvalue weighted by Gasteiger charge is -2.19. The van der Waals surface area contributed by atoms with Crippen LogP contribution in [-0.4, -0.2) is 27.7 Å². The van der Waals surface area contributed by atoms with Gasteiger partial charge in [0.15, 0.2) is 5.78 Å². The van der Waals surface area contributed by atoms with E-state index in [-0.39, 0.29) is 24.5 Å². The van der Waals surface area contributed by atoms with E-state index in [1.807, 2.05) is 41.5 Å². The number of hydrogen-bond donors (Lipinski definition) is 2. The highest BCUT2D eigenvalue weighted by molar-refractivity contribution is 6.17. The van der Waals surface area contributed by atoms with Crippen LogP contribution in [0.4, 0.5) is 0 Å². The molecule has 2 N–H and O–H groups in total. The highest BCUT2D eigenvalue weighted by Gasteiger charge is 2.29. The van der Waals surface area contributed by atoms with E-state index in [1.54, 1.807) is 0 Å². The predicted molar refractivity (Wildman–Crippen MR) is 103 cm³/mol. The third kappa shape index (κ3) is 9.73. The molecule has 0 unspecified atom stereocenters. The van der Waals surface area contributed by atoms with Gasteiger partial charge in [0.2, 0.25) is 0 Å². The van der Waals surface area contributed by atoms with Gasteiger partial charge in [0.1, 0.15) is 17.1 Å². The van der Waals surface area contributed by atoms with Gasteiger partial charge >= 0.3 is 5.97 Å². The highest BCUT2D eigenvalue weighted by atomic mass is 16.4. The molecule has 0 saturated heterocycles. The standard InChI is InChI=1S/C21H36O5/c1-13(2)7-9-16(12-17(22)10-8-14(3)4)20(24)19(21(25)26)18(23)11-15(5)6/h13-16,24H,7-12H2,1-6H3,(H,25,26)/t16-/m0/s1. The second kappa shape index (κ2) is 11.9. The van der Waals surface area contributed by atoms with E-state index in [0.29, 0.717) is 24.7 Å². The molecular formula is C21H36O5. The van der Waals surface area contributed by atoms with Gasteiger partial charge in [-0.2, -0.15) is 0 Å². The molecule has 0 aliphatic heterocycles. The number of aliphatic carboxylic acids is 1. The molecule has 0 radical (unpaired) electrons. The molecule has 26 heavy (non-hydrogen) atoms. The number of carboxylic acids is 1. The zero-order valence-corrected chi connectivity index (χ0v) is 17.2. The second-order valence-electron chi connectivity index (χ2n) is 8.43. The van der Waals surface area contributed by atoms with Crippen molar-refractivity contribution in [2.45, 2.75) is 80.1 Å². The number of carboxylic acid groups (broad SMARTS) is 1. The molecule has 0 aromatic rings. The number of rotatable bonds is 13. The number of ketones is 2. The van der Waals surface area contributed by atoms with Gasteiger partial charge < -0.3 is 10.2 Å². The molecule has 0 aromatic carbocycles. The number of allylic oxidation sites excluding steroid dienone is 1. The molecule has 0 heterocycles. The maximum atomic E-state index is 12.3. The number of aliphatic hydroxyl groups excluding tert-OH is 1. The van der Waals surface area contributed by atoms with Crippen molar-refractivity contribution in [3.8, 4) is 0 Å². The van der Waals surface area contributed by atoms with E-state index in [4.69, 9.17) is 0 Å². The first-order valence-electron chi connectivity index (χ1n) is 9.66. The molecule has 0 fully saturated rings. The summed E-state index contributed by atoms with van der Waals surface area (Å²) >= 11 is 0. The summed E-state index contributed by atoms with van der Waals surface area (Å²) in [5.74, 6) is -2.28. The van der Waals surface area contributed by atoms with E-state index in [2.05, 4.69) is 0 Å². The smallest absolute Gasteiger partial charge is 0.342 e. The quantitative estimate of drug-likeness (QED) is 0.208. The molecule has 0 rings (SSSR count). The van der Waals surface area contributed by atoms with Gasteiger partial charge in [-0.15, -0.1) is 0 Å². The van der Waals surface area contributed by atoms with Crippen molar-refractivity contribution in [2.24, 2.45) is 23.7 Å². The van der Waals surface area contributed by atoms with E-state index < -0.39 is 29.0 Å². The molecule has 0 spiro atoms. The fourth-order valence-electron chi connectivity index (χ4n) is 2.75. The van der Waals surface area contributed by atoms with Crippen LogP contribution in [-0.2, 0) is 14.4 Å². The molecule has 0 bridgehead atoms. The Bertz CT molecular complexity index is 514. The van der Waals surface area contributed by atoms with E-state index >= 15 is 0 Å². The van der Waals surface area contributed by atoms with Gasteiger partial charge in [0.05, 0.1) is 0 Å². The Balaban J connectivity index is 5.53. The fraction of sp³-hybridized carbons (Fsp3) is 0.762. The van der Waals surface area contributed by atoms with Crippen molar-refractivity contribution in [2.75, 3.05) is 0 Å². The number of carbonyl (C=O) groups excluding carboxylic acids is 2. The Morgan fingerprint density at radius 1 is 0.731 bits per heavy atom.